The Morgan fingerprint density at radius 1 is 1.29 bits per heavy atom. The van der Waals surface area contributed by atoms with Gasteiger partial charge >= 0.3 is 0 Å². The van der Waals surface area contributed by atoms with Crippen LogP contribution in [-0.4, -0.2) is 5.26 Å². The molecule has 0 aliphatic carbocycles. The van der Waals surface area contributed by atoms with Gasteiger partial charge < -0.3 is 0 Å². The Balaban J connectivity index is 3.15. The molecule has 0 amide bonds. The van der Waals surface area contributed by atoms with E-state index in [9.17, 15) is 0 Å². The maximum absolute atomic E-state index is 9.14. The number of hydrogen-bond donors (Lipinski definition) is 1. The summed E-state index contributed by atoms with van der Waals surface area (Å²) in [4.78, 5) is 0. The molecule has 0 spiro atoms. The molecule has 0 aromatic heterocycles. The number of rotatable bonds is 2. The average Bonchev–Trinajstić information content (AvgIpc) is 1.30. The van der Waals surface area contributed by atoms with Crippen LogP contribution in [0.2, 0.25) is 0 Å². The maximum Gasteiger partial charge on any atom is 0.294 e. The van der Waals surface area contributed by atoms with Crippen LogP contribution in [0.15, 0.2) is 0 Å². The molecule has 0 atom stereocenters. The second-order valence-corrected chi connectivity index (χ2v) is 1.40. The van der Waals surface area contributed by atoms with Crippen LogP contribution < -0.4 is 14.0 Å². The van der Waals surface area contributed by atoms with Crippen molar-refractivity contribution in [2.24, 2.45) is 0 Å². The minimum absolute atomic E-state index is 2.49. The Labute approximate surface area is 40.1 Å². The molecule has 0 radical (unpaired) electrons. The van der Waals surface area contributed by atoms with Crippen molar-refractivity contribution in [2.45, 2.75) is 0 Å². The predicted octanol–water partition coefficient (Wildman–Crippen LogP) is -3.70. The smallest absolute Gasteiger partial charge is 0.209 e. The van der Waals surface area contributed by atoms with Gasteiger partial charge in [0.1, 0.15) is 10.2 Å². The molecule has 44 valence electrons. The molecule has 0 aromatic rings. The lowest BCUT2D eigenvalue weighted by molar-refractivity contribution is -1.93. The van der Waals surface area contributed by atoms with Crippen LogP contribution in [0.1, 0.15) is 0 Å². The Bertz CT molecular complexity index is 42.6. The van der Waals surface area contributed by atoms with Crippen LogP contribution in [0.5, 0.6) is 0 Å². The van der Waals surface area contributed by atoms with Crippen molar-refractivity contribution in [2.75, 3.05) is 0 Å². The Hall–Kier alpha value is 0.0500. The third-order valence-electron chi connectivity index (χ3n) is 0.105. The third kappa shape index (κ3) is 6.05. The lowest BCUT2D eigenvalue weighted by Crippen LogP contribution is -2.60. The first-order valence-electron chi connectivity index (χ1n) is 0.966. The highest BCUT2D eigenvalue weighted by atomic mass is 35.7. The van der Waals surface area contributed by atoms with Gasteiger partial charge in [-0.1, -0.05) is 0 Å². The van der Waals surface area contributed by atoms with E-state index >= 15 is 0 Å². The summed E-state index contributed by atoms with van der Waals surface area (Å²) >= 11 is 0. The highest BCUT2D eigenvalue weighted by Gasteiger charge is 2.18. The lowest BCUT2D eigenvalue weighted by atomic mass is 14.6. The average molecular weight is 132 g/mol. The van der Waals surface area contributed by atoms with E-state index in [4.69, 9.17) is 19.2 Å². The summed E-state index contributed by atoms with van der Waals surface area (Å²) in [5.74, 6) is 0. The quantitative estimate of drug-likeness (QED) is 0.306. The van der Waals surface area contributed by atoms with Gasteiger partial charge in [-0.25, -0.2) is 5.26 Å². The van der Waals surface area contributed by atoms with Gasteiger partial charge in [0.25, 0.3) is 4.44 Å². The van der Waals surface area contributed by atoms with E-state index in [1.807, 2.05) is 0 Å². The molecule has 1 N–H and O–H groups in total. The van der Waals surface area contributed by atoms with Gasteiger partial charge in [0.05, 0.1) is 5.04 Å². The molecule has 0 unspecified atom stereocenters. The van der Waals surface area contributed by atoms with Crippen molar-refractivity contribution >= 4 is 0 Å². The van der Waals surface area contributed by atoms with Crippen molar-refractivity contribution in [3.8, 4) is 0 Å². The number of hydrogen-bond acceptors (Lipinski definition) is 6. The molecule has 0 fully saturated rings. The van der Waals surface area contributed by atoms with Crippen molar-refractivity contribution in [3.05, 3.63) is 0 Å². The Morgan fingerprint density at radius 3 is 1.71 bits per heavy atom. The first-order chi connectivity index (χ1) is 3.06. The molecule has 0 heterocycles. The maximum atomic E-state index is 9.14. The fraction of sp³-hybridized carbons (Fsp3) is 0. The summed E-state index contributed by atoms with van der Waals surface area (Å²) in [5.41, 5.74) is 0. The summed E-state index contributed by atoms with van der Waals surface area (Å²) in [6.07, 6.45) is 0. The van der Waals surface area contributed by atoms with E-state index in [1.165, 1.54) is 0 Å². The molecule has 7 heteroatoms. The molecule has 0 rings (SSSR count). The molecule has 0 bridgehead atoms. The van der Waals surface area contributed by atoms with Gasteiger partial charge in [-0.05, 0) is 0 Å². The third-order valence-corrected chi connectivity index (χ3v) is 0.316. The molecule has 0 aliphatic rings. The molecule has 0 aliphatic heterocycles. The first-order valence-corrected chi connectivity index (χ1v) is 2.20. The van der Waals surface area contributed by atoms with E-state index in [2.05, 4.69) is 9.48 Å². The van der Waals surface area contributed by atoms with Crippen LogP contribution in [0.4, 0.5) is 0 Å². The second-order valence-electron chi connectivity index (χ2n) is 0.515. The largest absolute Gasteiger partial charge is 0.294 e. The van der Waals surface area contributed by atoms with Crippen LogP contribution in [0.25, 0.3) is 0 Å². The molecule has 0 saturated carbocycles. The molecule has 7 heavy (non-hydrogen) atoms. The zero-order valence-corrected chi connectivity index (χ0v) is 3.62. The van der Waals surface area contributed by atoms with Crippen LogP contribution in [0.3, 0.4) is 0 Å². The standard InChI is InChI=1S/ClHO6/c2-1(3,4)6-7-5/h5H. The van der Waals surface area contributed by atoms with Crippen molar-refractivity contribution in [1.29, 1.82) is 0 Å². The van der Waals surface area contributed by atoms with Gasteiger partial charge in [-0.2, -0.15) is 14.0 Å². The fourth-order valence-corrected chi connectivity index (χ4v) is 0.104. The van der Waals surface area contributed by atoms with E-state index in [-0.39, 0.29) is 0 Å². The van der Waals surface area contributed by atoms with Gasteiger partial charge in [0, 0.05) is 0 Å². The normalized spacial score (nSPS) is 12.0. The topological polar surface area (TPSA) is 108 Å². The van der Waals surface area contributed by atoms with Crippen molar-refractivity contribution in [1.82, 2.24) is 0 Å². The van der Waals surface area contributed by atoms with E-state index in [1.54, 1.807) is 0 Å². The predicted molar refractivity (Wildman–Crippen MR) is 4.80 cm³/mol. The Morgan fingerprint density at radius 2 is 1.71 bits per heavy atom. The van der Waals surface area contributed by atoms with E-state index in [0.717, 1.165) is 0 Å². The first kappa shape index (κ1) is 7.05. The molecule has 6 nitrogen and oxygen atoms in total. The van der Waals surface area contributed by atoms with Gasteiger partial charge in [-0.3, -0.25) is 0 Å². The van der Waals surface area contributed by atoms with Crippen LogP contribution >= 0.6 is 0 Å². The van der Waals surface area contributed by atoms with E-state index < -0.39 is 10.2 Å². The van der Waals surface area contributed by atoms with Crippen molar-refractivity contribution in [3.63, 3.8) is 0 Å². The number of halogens is 1. The highest BCUT2D eigenvalue weighted by molar-refractivity contribution is 2.68. The summed E-state index contributed by atoms with van der Waals surface area (Å²) in [6, 6.07) is 0. The van der Waals surface area contributed by atoms with Gasteiger partial charge in [-0.15, -0.1) is 0 Å². The van der Waals surface area contributed by atoms with Crippen LogP contribution in [0, 0.1) is 10.2 Å². The molecular formula is HClO6. The van der Waals surface area contributed by atoms with E-state index in [0.29, 0.717) is 0 Å². The fourth-order valence-electron chi connectivity index (χ4n) is 0.0345. The highest BCUT2D eigenvalue weighted by Crippen LogP contribution is 1.83. The zero-order valence-electron chi connectivity index (χ0n) is 2.87. The lowest BCUT2D eigenvalue weighted by Gasteiger charge is -2.05. The minimum Gasteiger partial charge on any atom is -0.209 e. The molecule has 0 saturated heterocycles. The summed E-state index contributed by atoms with van der Waals surface area (Å²) < 4.78 is 30.1. The summed E-state index contributed by atoms with van der Waals surface area (Å²) in [7, 11) is -4.65. The zero-order chi connectivity index (χ0) is 5.91. The Kier molecular flexibility index (Phi) is 2.40. The second kappa shape index (κ2) is 2.38. The van der Waals surface area contributed by atoms with Crippen molar-refractivity contribution < 1.29 is 39.0 Å². The van der Waals surface area contributed by atoms with Crippen LogP contribution in [-0.2, 0) is 9.48 Å². The molecule has 0 aromatic carbocycles. The van der Waals surface area contributed by atoms with Gasteiger partial charge in [0.15, 0.2) is 0 Å². The van der Waals surface area contributed by atoms with Gasteiger partial charge in [0.2, 0.25) is 0 Å². The molecular weight excluding hydrogens is 131 g/mol. The SMILES string of the molecule is [O-][Cl+3]([O-])([O-])OOO. The minimum atomic E-state index is -4.65. The summed E-state index contributed by atoms with van der Waals surface area (Å²) in [5, 5.41) is 9.59. The monoisotopic (exact) mass is 132 g/mol. The summed E-state index contributed by atoms with van der Waals surface area (Å²) in [6.45, 7) is 0.